The first kappa shape index (κ1) is 21.5. The minimum absolute atomic E-state index is 0.0770. The fraction of sp³-hybridized carbons (Fsp3) is 0.364. The summed E-state index contributed by atoms with van der Waals surface area (Å²) in [7, 11) is 1.85. The molecule has 0 saturated heterocycles. The first-order valence-electron chi connectivity index (χ1n) is 10.0. The van der Waals surface area contributed by atoms with E-state index < -0.39 is 0 Å². The zero-order valence-electron chi connectivity index (χ0n) is 16.8. The third-order valence-corrected chi connectivity index (χ3v) is 7.29. The first-order valence-corrected chi connectivity index (χ1v) is 12.4. The average molecular weight is 538 g/mol. The standard InChI is InChI=1S/C22H24FIN4OS/c1-25-13-17(9-14-4-2-5-16(23)8-14)27-22(29)20-10-18-19(30-20)6-3-7-28-21(18)15(11-24)12-26-28/h2,4-5,8,10,12,17,25H,3,6-7,9,11,13H2,1H3,(H,27,29)/t17-/m0/s1. The van der Waals surface area contributed by atoms with Gasteiger partial charge in [0.15, 0.2) is 0 Å². The van der Waals surface area contributed by atoms with Crippen molar-refractivity contribution in [2.24, 2.45) is 0 Å². The molecule has 8 heteroatoms. The number of aryl methyl sites for hydroxylation is 2. The van der Waals surface area contributed by atoms with Gasteiger partial charge in [0, 0.05) is 39.6 Å². The molecule has 1 aliphatic rings. The van der Waals surface area contributed by atoms with E-state index in [0.29, 0.717) is 13.0 Å². The highest BCUT2D eigenvalue weighted by atomic mass is 127. The number of benzene rings is 1. The molecule has 158 valence electrons. The lowest BCUT2D eigenvalue weighted by Crippen LogP contribution is -2.42. The van der Waals surface area contributed by atoms with E-state index in [1.165, 1.54) is 22.6 Å². The van der Waals surface area contributed by atoms with Crippen LogP contribution in [0.4, 0.5) is 4.39 Å². The molecule has 0 aliphatic carbocycles. The summed E-state index contributed by atoms with van der Waals surface area (Å²) in [4.78, 5) is 15.0. The van der Waals surface area contributed by atoms with E-state index in [2.05, 4.69) is 43.0 Å². The van der Waals surface area contributed by atoms with Crippen LogP contribution in [0.3, 0.4) is 0 Å². The Labute approximate surface area is 193 Å². The van der Waals surface area contributed by atoms with Crippen LogP contribution in [-0.2, 0) is 23.8 Å². The molecule has 1 amide bonds. The van der Waals surface area contributed by atoms with Gasteiger partial charge in [-0.05, 0) is 50.1 Å². The minimum atomic E-state index is -0.258. The van der Waals surface area contributed by atoms with Crippen LogP contribution in [-0.4, -0.2) is 35.3 Å². The fourth-order valence-electron chi connectivity index (χ4n) is 3.95. The molecule has 0 bridgehead atoms. The van der Waals surface area contributed by atoms with Crippen molar-refractivity contribution in [3.63, 3.8) is 0 Å². The summed E-state index contributed by atoms with van der Waals surface area (Å²) in [5.74, 6) is -0.335. The van der Waals surface area contributed by atoms with Gasteiger partial charge < -0.3 is 10.6 Å². The van der Waals surface area contributed by atoms with Crippen molar-refractivity contribution in [3.05, 3.63) is 63.2 Å². The molecule has 0 spiro atoms. The van der Waals surface area contributed by atoms with Crippen LogP contribution in [0.1, 0.15) is 32.1 Å². The van der Waals surface area contributed by atoms with Gasteiger partial charge in [0.25, 0.3) is 5.91 Å². The molecule has 5 nitrogen and oxygen atoms in total. The van der Waals surface area contributed by atoms with Crippen LogP contribution in [0.25, 0.3) is 11.3 Å². The maximum atomic E-state index is 13.5. The lowest BCUT2D eigenvalue weighted by molar-refractivity contribution is 0.0941. The van der Waals surface area contributed by atoms with Crippen LogP contribution in [0, 0.1) is 5.82 Å². The molecule has 1 aliphatic heterocycles. The second-order valence-corrected chi connectivity index (χ2v) is 9.39. The maximum absolute atomic E-state index is 13.5. The van der Waals surface area contributed by atoms with E-state index in [1.807, 2.05) is 25.4 Å². The van der Waals surface area contributed by atoms with Gasteiger partial charge in [-0.3, -0.25) is 9.48 Å². The first-order chi connectivity index (χ1) is 14.6. The number of alkyl halides is 1. The van der Waals surface area contributed by atoms with Crippen LogP contribution >= 0.6 is 33.9 Å². The van der Waals surface area contributed by atoms with Crippen molar-refractivity contribution in [1.29, 1.82) is 0 Å². The molecule has 2 N–H and O–H groups in total. The fourth-order valence-corrected chi connectivity index (χ4v) is 5.61. The summed E-state index contributed by atoms with van der Waals surface area (Å²) in [6.45, 7) is 1.52. The van der Waals surface area contributed by atoms with E-state index in [1.54, 1.807) is 17.4 Å². The monoisotopic (exact) mass is 538 g/mol. The van der Waals surface area contributed by atoms with Crippen molar-refractivity contribution in [2.45, 2.75) is 36.3 Å². The minimum Gasteiger partial charge on any atom is -0.347 e. The second-order valence-electron chi connectivity index (χ2n) is 7.49. The number of carbonyl (C=O) groups excluding carboxylic acids is 1. The number of likely N-dealkylation sites (N-methyl/N-ethyl adjacent to an activating group) is 1. The van der Waals surface area contributed by atoms with E-state index in [4.69, 9.17) is 0 Å². The molecule has 0 saturated carbocycles. The number of carbonyl (C=O) groups is 1. The molecule has 0 radical (unpaired) electrons. The zero-order chi connectivity index (χ0) is 21.1. The second kappa shape index (κ2) is 9.57. The maximum Gasteiger partial charge on any atom is 0.261 e. The average Bonchev–Trinajstić information content (AvgIpc) is 3.28. The lowest BCUT2D eigenvalue weighted by atomic mass is 10.1. The smallest absolute Gasteiger partial charge is 0.261 e. The topological polar surface area (TPSA) is 58.9 Å². The highest BCUT2D eigenvalue weighted by molar-refractivity contribution is 14.1. The molecule has 1 aromatic carbocycles. The number of rotatable bonds is 7. The van der Waals surface area contributed by atoms with Crippen LogP contribution < -0.4 is 10.6 Å². The van der Waals surface area contributed by atoms with Gasteiger partial charge in [0.05, 0.1) is 16.8 Å². The SMILES string of the molecule is CNC[C@H](Cc1cccc(F)c1)NC(=O)c1cc2c(s1)CCCn1ncc(CI)c1-2. The highest BCUT2D eigenvalue weighted by Gasteiger charge is 2.24. The van der Waals surface area contributed by atoms with Crippen molar-refractivity contribution < 1.29 is 9.18 Å². The molecule has 1 atom stereocenters. The van der Waals surface area contributed by atoms with Crippen molar-refractivity contribution in [1.82, 2.24) is 20.4 Å². The number of aromatic nitrogens is 2. The Hall–Kier alpha value is -1.78. The number of thiophene rings is 1. The van der Waals surface area contributed by atoms with Crippen LogP contribution in [0.15, 0.2) is 36.5 Å². The number of fused-ring (bicyclic) bond motifs is 3. The van der Waals surface area contributed by atoms with Crippen LogP contribution in [0.2, 0.25) is 0 Å². The molecule has 2 aromatic heterocycles. The van der Waals surface area contributed by atoms with Gasteiger partial charge in [0.2, 0.25) is 0 Å². The summed E-state index contributed by atoms with van der Waals surface area (Å²) < 4.78 is 16.5. The number of amides is 1. The van der Waals surface area contributed by atoms with Crippen molar-refractivity contribution in [3.8, 4) is 11.3 Å². The molecule has 0 fully saturated rings. The molecule has 3 aromatic rings. The Balaban J connectivity index is 1.56. The normalized spacial score (nSPS) is 14.0. The quantitative estimate of drug-likeness (QED) is 0.351. The molecular weight excluding hydrogens is 514 g/mol. The summed E-state index contributed by atoms with van der Waals surface area (Å²) in [6, 6.07) is 8.44. The van der Waals surface area contributed by atoms with Gasteiger partial charge in [-0.1, -0.05) is 34.7 Å². The van der Waals surface area contributed by atoms with Gasteiger partial charge in [-0.15, -0.1) is 11.3 Å². The predicted molar refractivity (Wildman–Crippen MR) is 127 cm³/mol. The van der Waals surface area contributed by atoms with Gasteiger partial charge in [0.1, 0.15) is 5.82 Å². The molecule has 4 rings (SSSR count). The highest BCUT2D eigenvalue weighted by Crippen LogP contribution is 2.37. The predicted octanol–water partition coefficient (Wildman–Crippen LogP) is 4.19. The van der Waals surface area contributed by atoms with Gasteiger partial charge in [-0.25, -0.2) is 4.39 Å². The van der Waals surface area contributed by atoms with Crippen molar-refractivity contribution in [2.75, 3.05) is 13.6 Å². The summed E-state index contributed by atoms with van der Waals surface area (Å²) in [6.07, 6.45) is 4.49. The number of halogens is 2. The van der Waals surface area contributed by atoms with E-state index in [9.17, 15) is 9.18 Å². The summed E-state index contributed by atoms with van der Waals surface area (Å²) in [5, 5.41) is 10.8. The summed E-state index contributed by atoms with van der Waals surface area (Å²) >= 11 is 3.94. The Morgan fingerprint density at radius 2 is 2.27 bits per heavy atom. The van der Waals surface area contributed by atoms with Gasteiger partial charge >= 0.3 is 0 Å². The number of hydrogen-bond acceptors (Lipinski definition) is 4. The molecule has 3 heterocycles. The van der Waals surface area contributed by atoms with Gasteiger partial charge in [-0.2, -0.15) is 5.10 Å². The molecule has 30 heavy (non-hydrogen) atoms. The zero-order valence-corrected chi connectivity index (χ0v) is 19.7. The van der Waals surface area contributed by atoms with Crippen molar-refractivity contribution >= 4 is 39.8 Å². The molecule has 0 unspecified atom stereocenters. The third kappa shape index (κ3) is 4.60. The Bertz CT molecular complexity index is 1050. The number of nitrogens with zero attached hydrogens (tertiary/aromatic N) is 2. The number of hydrogen-bond donors (Lipinski definition) is 2. The Morgan fingerprint density at radius 1 is 1.40 bits per heavy atom. The van der Waals surface area contributed by atoms with E-state index >= 15 is 0 Å². The molecular formula is C22H24FIN4OS. The Kier molecular flexibility index (Phi) is 6.84. The number of nitrogens with one attached hydrogen (secondary N) is 2. The van der Waals surface area contributed by atoms with E-state index in [-0.39, 0.29) is 17.8 Å². The van der Waals surface area contributed by atoms with Crippen LogP contribution in [0.5, 0.6) is 0 Å². The Morgan fingerprint density at radius 3 is 3.03 bits per heavy atom. The summed E-state index contributed by atoms with van der Waals surface area (Å²) in [5.41, 5.74) is 4.37. The largest absolute Gasteiger partial charge is 0.347 e. The van der Waals surface area contributed by atoms with E-state index in [0.717, 1.165) is 45.5 Å². The third-order valence-electron chi connectivity index (χ3n) is 5.28. The lowest BCUT2D eigenvalue weighted by Gasteiger charge is -2.18.